The lowest BCUT2D eigenvalue weighted by Gasteiger charge is -2.41. The normalized spacial score (nSPS) is 33.5. The Labute approximate surface area is 287 Å². The first-order valence-corrected chi connectivity index (χ1v) is 17.7. The summed E-state index contributed by atoms with van der Waals surface area (Å²) in [5.74, 6) is -1.04. The minimum Gasteiger partial charge on any atom is -0.457 e. The lowest BCUT2D eigenvalue weighted by molar-refractivity contribution is -0.894. The fourth-order valence-electron chi connectivity index (χ4n) is 6.52. The van der Waals surface area contributed by atoms with Gasteiger partial charge < -0.3 is 33.6 Å². The number of allylic oxidation sites excluding steroid dienone is 3. The lowest BCUT2D eigenvalue weighted by Crippen LogP contribution is -2.57. The number of ether oxygens (including phenoxy) is 4. The van der Waals surface area contributed by atoms with Gasteiger partial charge in [0.25, 0.3) is 0 Å². The molecular formula is C37H61N2O9+. The zero-order valence-corrected chi connectivity index (χ0v) is 30.6. The van der Waals surface area contributed by atoms with Gasteiger partial charge in [0.1, 0.15) is 6.10 Å². The number of hydrogen-bond acceptors (Lipinski definition) is 9. The van der Waals surface area contributed by atoms with E-state index in [1.807, 2.05) is 45.9 Å². The van der Waals surface area contributed by atoms with Gasteiger partial charge in [-0.15, -0.1) is 0 Å². The summed E-state index contributed by atoms with van der Waals surface area (Å²) in [6.45, 7) is 15.6. The first kappa shape index (κ1) is 39.7. The zero-order valence-electron chi connectivity index (χ0n) is 30.6. The van der Waals surface area contributed by atoms with Crippen LogP contribution in [0.2, 0.25) is 0 Å². The maximum absolute atomic E-state index is 13.4. The minimum absolute atomic E-state index is 0.0874. The molecule has 3 rings (SSSR count). The molecule has 0 aromatic heterocycles. The third-order valence-electron chi connectivity index (χ3n) is 10.1. The van der Waals surface area contributed by atoms with Crippen LogP contribution in [0.5, 0.6) is 0 Å². The van der Waals surface area contributed by atoms with Gasteiger partial charge in [0.2, 0.25) is 0 Å². The zero-order chi connectivity index (χ0) is 35.8. The van der Waals surface area contributed by atoms with Crippen LogP contribution in [0, 0.1) is 17.8 Å². The summed E-state index contributed by atoms with van der Waals surface area (Å²) < 4.78 is 24.4. The molecular weight excluding hydrogens is 616 g/mol. The molecule has 3 heterocycles. The molecule has 3 aliphatic rings. The molecule has 0 saturated carbocycles. The minimum atomic E-state index is -1.29. The number of epoxide rings is 1. The number of likely N-dealkylation sites (N-methyl/N-ethyl adjacent to an activating group) is 1. The van der Waals surface area contributed by atoms with E-state index in [1.165, 1.54) is 6.92 Å². The van der Waals surface area contributed by atoms with Gasteiger partial charge in [-0.2, -0.15) is 0 Å². The summed E-state index contributed by atoms with van der Waals surface area (Å²) in [6, 6.07) is 0. The van der Waals surface area contributed by atoms with Crippen molar-refractivity contribution in [3.63, 3.8) is 0 Å². The van der Waals surface area contributed by atoms with E-state index < -0.39 is 41.9 Å². The lowest BCUT2D eigenvalue weighted by atomic mass is 9.88. The molecule has 0 unspecified atom stereocenters. The number of rotatable bonds is 10. The summed E-state index contributed by atoms with van der Waals surface area (Å²) in [5.41, 5.74) is -0.485. The molecule has 0 aliphatic carbocycles. The van der Waals surface area contributed by atoms with Gasteiger partial charge >= 0.3 is 18.0 Å². The highest BCUT2D eigenvalue weighted by Crippen LogP contribution is 2.36. The van der Waals surface area contributed by atoms with Crippen molar-refractivity contribution in [3.05, 3.63) is 36.0 Å². The molecule has 0 aromatic carbocycles. The van der Waals surface area contributed by atoms with Gasteiger partial charge in [0.15, 0.2) is 11.7 Å². The van der Waals surface area contributed by atoms with Crippen LogP contribution < -0.4 is 0 Å². The molecule has 2 saturated heterocycles. The van der Waals surface area contributed by atoms with E-state index in [0.29, 0.717) is 19.5 Å². The second-order valence-electron chi connectivity index (χ2n) is 15.1. The van der Waals surface area contributed by atoms with Crippen molar-refractivity contribution in [1.29, 1.82) is 0 Å². The van der Waals surface area contributed by atoms with Crippen molar-refractivity contribution in [2.75, 3.05) is 40.3 Å². The van der Waals surface area contributed by atoms with E-state index in [9.17, 15) is 24.6 Å². The topological polar surface area (TPSA) is 135 Å². The number of quaternary nitrogens is 1. The SMILES string of the molecule is CC[C@H](O)[C@@H](C)[C@H]1O[C@@H]1C[C@H](C)C=CC=C(C)[C@H]1OC(=O)C[C@H](O)CC[C@@](C)(OC(=O)N2CC[N+](C)(C)CC2)[C@@H](OC(C)=O)C=C[C@@H]1C. The highest BCUT2D eigenvalue weighted by atomic mass is 16.6. The Morgan fingerprint density at radius 2 is 1.85 bits per heavy atom. The Balaban J connectivity index is 1.77. The van der Waals surface area contributed by atoms with Crippen LogP contribution in [0.1, 0.15) is 80.6 Å². The molecule has 0 spiro atoms. The molecule has 3 aliphatic heterocycles. The smallest absolute Gasteiger partial charge is 0.410 e. The predicted octanol–water partition coefficient (Wildman–Crippen LogP) is 4.56. The molecule has 0 aromatic rings. The number of piperazine rings is 1. The third kappa shape index (κ3) is 11.7. The first-order valence-electron chi connectivity index (χ1n) is 17.7. The molecule has 48 heavy (non-hydrogen) atoms. The molecule has 2 fully saturated rings. The fourth-order valence-corrected chi connectivity index (χ4v) is 6.52. The van der Waals surface area contributed by atoms with E-state index in [2.05, 4.69) is 27.1 Å². The van der Waals surface area contributed by atoms with Crippen LogP contribution in [0.3, 0.4) is 0 Å². The number of nitrogens with zero attached hydrogens (tertiary/aromatic N) is 2. The van der Waals surface area contributed by atoms with E-state index in [1.54, 1.807) is 17.9 Å². The van der Waals surface area contributed by atoms with Crippen LogP contribution in [-0.2, 0) is 28.5 Å². The number of esters is 2. The summed E-state index contributed by atoms with van der Waals surface area (Å²) in [4.78, 5) is 40.3. The Hall–Kier alpha value is -2.73. The highest BCUT2D eigenvalue weighted by molar-refractivity contribution is 5.71. The van der Waals surface area contributed by atoms with E-state index in [0.717, 1.165) is 29.6 Å². The van der Waals surface area contributed by atoms with Crippen molar-refractivity contribution < 1.29 is 48.0 Å². The van der Waals surface area contributed by atoms with Crippen molar-refractivity contribution in [3.8, 4) is 0 Å². The van der Waals surface area contributed by atoms with E-state index in [4.69, 9.17) is 18.9 Å². The van der Waals surface area contributed by atoms with E-state index >= 15 is 0 Å². The summed E-state index contributed by atoms with van der Waals surface area (Å²) in [5, 5.41) is 21.0. The summed E-state index contributed by atoms with van der Waals surface area (Å²) in [7, 11) is 4.24. The Morgan fingerprint density at radius 3 is 2.48 bits per heavy atom. The van der Waals surface area contributed by atoms with Crippen LogP contribution in [-0.4, -0.2) is 120 Å². The van der Waals surface area contributed by atoms with Crippen LogP contribution in [0.15, 0.2) is 36.0 Å². The second kappa shape index (κ2) is 17.3. The van der Waals surface area contributed by atoms with Crippen molar-refractivity contribution >= 4 is 18.0 Å². The van der Waals surface area contributed by atoms with Crippen LogP contribution in [0.4, 0.5) is 4.79 Å². The number of cyclic esters (lactones) is 1. The maximum atomic E-state index is 13.4. The Bertz CT molecular complexity index is 1190. The summed E-state index contributed by atoms with van der Waals surface area (Å²) in [6.07, 6.45) is 7.88. The van der Waals surface area contributed by atoms with Gasteiger partial charge in [-0.05, 0) is 57.1 Å². The van der Waals surface area contributed by atoms with Crippen molar-refractivity contribution in [2.24, 2.45) is 17.8 Å². The molecule has 2 N–H and O–H groups in total. The highest BCUT2D eigenvalue weighted by Gasteiger charge is 2.45. The fraction of sp³-hybridized carbons (Fsp3) is 0.757. The van der Waals surface area contributed by atoms with Crippen molar-refractivity contribution in [1.82, 2.24) is 4.90 Å². The third-order valence-corrected chi connectivity index (χ3v) is 10.1. The molecule has 11 nitrogen and oxygen atoms in total. The number of amides is 1. The van der Waals surface area contributed by atoms with Crippen molar-refractivity contribution in [2.45, 2.75) is 123 Å². The van der Waals surface area contributed by atoms with Gasteiger partial charge in [0.05, 0.1) is 71.1 Å². The van der Waals surface area contributed by atoms with Crippen LogP contribution in [0.25, 0.3) is 0 Å². The molecule has 0 radical (unpaired) electrons. The predicted molar refractivity (Wildman–Crippen MR) is 183 cm³/mol. The number of hydrogen-bond donors (Lipinski definition) is 2. The maximum Gasteiger partial charge on any atom is 0.410 e. The monoisotopic (exact) mass is 677 g/mol. The quantitative estimate of drug-likeness (QED) is 0.0853. The van der Waals surface area contributed by atoms with Gasteiger partial charge in [0, 0.05) is 18.8 Å². The number of aliphatic hydroxyl groups excluding tert-OH is 2. The molecule has 10 atom stereocenters. The second-order valence-corrected chi connectivity index (χ2v) is 15.1. The number of carbonyl (C=O) groups excluding carboxylic acids is 3. The van der Waals surface area contributed by atoms with Crippen LogP contribution >= 0.6 is 0 Å². The number of aliphatic hydroxyl groups is 2. The average molecular weight is 678 g/mol. The Kier molecular flexibility index (Phi) is 14.3. The summed E-state index contributed by atoms with van der Waals surface area (Å²) >= 11 is 0. The van der Waals surface area contributed by atoms with Gasteiger partial charge in [-0.25, -0.2) is 4.79 Å². The molecule has 1 amide bonds. The van der Waals surface area contributed by atoms with Gasteiger partial charge in [-0.1, -0.05) is 52.0 Å². The average Bonchev–Trinajstić information content (AvgIpc) is 3.77. The first-order chi connectivity index (χ1) is 22.4. The molecule has 272 valence electrons. The molecule has 0 bridgehead atoms. The van der Waals surface area contributed by atoms with E-state index in [-0.39, 0.29) is 55.3 Å². The number of carbonyl (C=O) groups is 3. The standard InChI is InChI=1S/C37H61N2O9/c1-10-30(42)27(5)35-31(46-35)22-24(2)12-11-13-25(3)34-26(4)14-15-32(45-28(6)40)37(7,17-16-29(41)23-33(43)47-34)48-36(44)38-18-20-39(8,9)21-19-38/h11-15,24,26-27,29-32,34-35,41-42H,10,16-23H2,1-9H3/q+1/t24-,26+,27-,29-,30+,31-,32+,34-,35-,37-/m1/s1. The largest absolute Gasteiger partial charge is 0.457 e. The molecule has 11 heteroatoms. The van der Waals surface area contributed by atoms with Gasteiger partial charge in [-0.3, -0.25) is 14.5 Å². The Morgan fingerprint density at radius 1 is 1.19 bits per heavy atom.